The maximum Gasteiger partial charge on any atom is 0.243 e. The van der Waals surface area contributed by atoms with E-state index >= 15 is 0 Å². The van der Waals surface area contributed by atoms with Crippen LogP contribution >= 0.6 is 11.3 Å². The van der Waals surface area contributed by atoms with Crippen LogP contribution in [0.1, 0.15) is 31.6 Å². The Hall–Kier alpha value is -0.470. The van der Waals surface area contributed by atoms with Gasteiger partial charge in [0, 0.05) is 36.5 Å². The van der Waals surface area contributed by atoms with Crippen LogP contribution in [0, 0.1) is 0 Å². The molecule has 1 unspecified atom stereocenters. The highest BCUT2D eigenvalue weighted by Gasteiger charge is 2.28. The summed E-state index contributed by atoms with van der Waals surface area (Å²) in [4.78, 5) is 1.45. The first-order chi connectivity index (χ1) is 10.1. The van der Waals surface area contributed by atoms with Gasteiger partial charge in [-0.1, -0.05) is 13.8 Å². The van der Waals surface area contributed by atoms with E-state index in [1.807, 2.05) is 13.8 Å². The SMILES string of the molecule is CCNCc1cc(S(=O)(=O)N(CC)CC2CCCO2)cs1. The molecule has 1 aromatic rings. The van der Waals surface area contributed by atoms with Crippen LogP contribution in [0.15, 0.2) is 16.3 Å². The molecule has 0 spiro atoms. The van der Waals surface area contributed by atoms with Crippen LogP contribution in [0.25, 0.3) is 0 Å². The number of likely N-dealkylation sites (N-methyl/N-ethyl adjacent to an activating group) is 1. The fraction of sp³-hybridized carbons (Fsp3) is 0.714. The molecular weight excluding hydrogens is 308 g/mol. The summed E-state index contributed by atoms with van der Waals surface area (Å²) in [6.45, 7) is 7.17. The van der Waals surface area contributed by atoms with Crippen LogP contribution in [-0.2, 0) is 21.3 Å². The third kappa shape index (κ3) is 4.26. The van der Waals surface area contributed by atoms with Gasteiger partial charge in [0.1, 0.15) is 0 Å². The fourth-order valence-corrected chi connectivity index (χ4v) is 5.11. The molecular formula is C14H24N2O3S2. The molecule has 1 aliphatic rings. The van der Waals surface area contributed by atoms with Gasteiger partial charge in [0.2, 0.25) is 10.0 Å². The Kier molecular flexibility index (Phi) is 6.19. The van der Waals surface area contributed by atoms with Crippen LogP contribution in [0.2, 0.25) is 0 Å². The molecule has 1 saturated heterocycles. The van der Waals surface area contributed by atoms with Gasteiger partial charge in [-0.15, -0.1) is 11.3 Å². The molecule has 120 valence electrons. The van der Waals surface area contributed by atoms with Crippen LogP contribution in [0.5, 0.6) is 0 Å². The Bertz CT molecular complexity index is 536. The molecule has 0 aromatic carbocycles. The monoisotopic (exact) mass is 332 g/mol. The first kappa shape index (κ1) is 16.9. The lowest BCUT2D eigenvalue weighted by atomic mass is 10.2. The number of sulfonamides is 1. The van der Waals surface area contributed by atoms with Gasteiger partial charge in [0.15, 0.2) is 0 Å². The number of hydrogen-bond donors (Lipinski definition) is 1. The molecule has 1 aliphatic heterocycles. The van der Waals surface area contributed by atoms with Crippen molar-refractivity contribution in [2.24, 2.45) is 0 Å². The molecule has 2 rings (SSSR count). The van der Waals surface area contributed by atoms with Gasteiger partial charge in [-0.3, -0.25) is 0 Å². The Morgan fingerprint density at radius 2 is 2.29 bits per heavy atom. The molecule has 0 bridgehead atoms. The van der Waals surface area contributed by atoms with Gasteiger partial charge in [0.05, 0.1) is 11.0 Å². The highest BCUT2D eigenvalue weighted by molar-refractivity contribution is 7.89. The van der Waals surface area contributed by atoms with Crippen LogP contribution < -0.4 is 5.32 Å². The maximum atomic E-state index is 12.7. The van der Waals surface area contributed by atoms with Crippen molar-refractivity contribution in [1.29, 1.82) is 0 Å². The van der Waals surface area contributed by atoms with E-state index < -0.39 is 10.0 Å². The Balaban J connectivity index is 2.08. The second kappa shape index (κ2) is 7.69. The minimum Gasteiger partial charge on any atom is -0.377 e. The summed E-state index contributed by atoms with van der Waals surface area (Å²) in [5.74, 6) is 0. The Morgan fingerprint density at radius 3 is 2.90 bits per heavy atom. The van der Waals surface area contributed by atoms with Gasteiger partial charge >= 0.3 is 0 Å². The predicted molar refractivity (Wildman–Crippen MR) is 85.1 cm³/mol. The molecule has 0 saturated carbocycles. The number of thiophene rings is 1. The van der Waals surface area contributed by atoms with Crippen LogP contribution in [0.4, 0.5) is 0 Å². The second-order valence-electron chi connectivity index (χ2n) is 5.12. The summed E-state index contributed by atoms with van der Waals surface area (Å²) in [5, 5.41) is 4.95. The van der Waals surface area contributed by atoms with E-state index in [9.17, 15) is 8.42 Å². The van der Waals surface area contributed by atoms with Gasteiger partial charge in [0.25, 0.3) is 0 Å². The lowest BCUT2D eigenvalue weighted by molar-refractivity contribution is 0.0947. The topological polar surface area (TPSA) is 58.6 Å². The minimum absolute atomic E-state index is 0.0413. The average Bonchev–Trinajstić information content (AvgIpc) is 3.13. The Labute approximate surface area is 131 Å². The summed E-state index contributed by atoms with van der Waals surface area (Å²) < 4.78 is 32.5. The molecule has 1 atom stereocenters. The van der Waals surface area contributed by atoms with E-state index in [4.69, 9.17) is 4.74 Å². The fourth-order valence-electron chi connectivity index (χ4n) is 2.40. The summed E-state index contributed by atoms with van der Waals surface area (Å²) in [6.07, 6.45) is 2.01. The molecule has 1 aromatic heterocycles. The van der Waals surface area contributed by atoms with Gasteiger partial charge in [-0.05, 0) is 25.5 Å². The first-order valence-corrected chi connectivity index (χ1v) is 9.79. The summed E-state index contributed by atoms with van der Waals surface area (Å²) >= 11 is 1.49. The summed E-state index contributed by atoms with van der Waals surface area (Å²) in [5.41, 5.74) is 0. The molecule has 5 nitrogen and oxygen atoms in total. The highest BCUT2D eigenvalue weighted by Crippen LogP contribution is 2.24. The normalized spacial score (nSPS) is 19.5. The van der Waals surface area contributed by atoms with Crippen molar-refractivity contribution in [3.05, 3.63) is 16.3 Å². The van der Waals surface area contributed by atoms with E-state index in [0.29, 0.717) is 24.5 Å². The van der Waals surface area contributed by atoms with Crippen molar-refractivity contribution in [2.45, 2.75) is 44.2 Å². The van der Waals surface area contributed by atoms with Crippen molar-refractivity contribution >= 4 is 21.4 Å². The molecule has 1 fully saturated rings. The van der Waals surface area contributed by atoms with E-state index in [2.05, 4.69) is 5.32 Å². The number of hydrogen-bond acceptors (Lipinski definition) is 5. The quantitative estimate of drug-likeness (QED) is 0.791. The zero-order chi connectivity index (χ0) is 15.3. The maximum absolute atomic E-state index is 12.7. The largest absolute Gasteiger partial charge is 0.377 e. The second-order valence-corrected chi connectivity index (χ2v) is 8.05. The smallest absolute Gasteiger partial charge is 0.243 e. The standard InChI is InChI=1S/C14H24N2O3S2/c1-3-15-9-13-8-14(11-20-13)21(17,18)16(4-2)10-12-6-5-7-19-12/h8,11-12,15H,3-7,9-10H2,1-2H3. The third-order valence-corrected chi connectivity index (χ3v) is 6.61. The van der Waals surface area contributed by atoms with Crippen molar-refractivity contribution in [3.8, 4) is 0 Å². The summed E-state index contributed by atoms with van der Waals surface area (Å²) in [6, 6.07) is 1.78. The molecule has 2 heterocycles. The van der Waals surface area contributed by atoms with Gasteiger partial charge in [-0.25, -0.2) is 8.42 Å². The number of rotatable bonds is 8. The van der Waals surface area contributed by atoms with Crippen molar-refractivity contribution in [1.82, 2.24) is 9.62 Å². The zero-order valence-electron chi connectivity index (χ0n) is 12.7. The molecule has 0 amide bonds. The van der Waals surface area contributed by atoms with E-state index in [1.165, 1.54) is 15.6 Å². The number of nitrogens with zero attached hydrogens (tertiary/aromatic N) is 1. The molecule has 7 heteroatoms. The minimum atomic E-state index is -3.41. The molecule has 0 aliphatic carbocycles. The van der Waals surface area contributed by atoms with Crippen LogP contribution in [-0.4, -0.2) is 45.1 Å². The molecule has 21 heavy (non-hydrogen) atoms. The van der Waals surface area contributed by atoms with Gasteiger partial charge < -0.3 is 10.1 Å². The number of nitrogens with one attached hydrogen (secondary N) is 1. The molecule has 1 N–H and O–H groups in total. The van der Waals surface area contributed by atoms with E-state index in [1.54, 1.807) is 11.4 Å². The van der Waals surface area contributed by atoms with Crippen molar-refractivity contribution < 1.29 is 13.2 Å². The van der Waals surface area contributed by atoms with Gasteiger partial charge in [-0.2, -0.15) is 4.31 Å². The zero-order valence-corrected chi connectivity index (χ0v) is 14.3. The van der Waals surface area contributed by atoms with Crippen molar-refractivity contribution in [2.75, 3.05) is 26.2 Å². The third-order valence-electron chi connectivity index (χ3n) is 3.60. The number of ether oxygens (including phenoxy) is 1. The lowest BCUT2D eigenvalue weighted by Gasteiger charge is -2.22. The average molecular weight is 332 g/mol. The Morgan fingerprint density at radius 1 is 1.48 bits per heavy atom. The van der Waals surface area contributed by atoms with Crippen LogP contribution in [0.3, 0.4) is 0 Å². The highest BCUT2D eigenvalue weighted by atomic mass is 32.2. The van der Waals surface area contributed by atoms with E-state index in [0.717, 1.165) is 30.9 Å². The van der Waals surface area contributed by atoms with E-state index in [-0.39, 0.29) is 6.10 Å². The summed E-state index contributed by atoms with van der Waals surface area (Å²) in [7, 11) is -3.41. The predicted octanol–water partition coefficient (Wildman–Crippen LogP) is 2.05. The van der Waals surface area contributed by atoms with Crippen molar-refractivity contribution in [3.63, 3.8) is 0 Å². The molecule has 0 radical (unpaired) electrons. The lowest BCUT2D eigenvalue weighted by Crippen LogP contribution is -2.37. The first-order valence-electron chi connectivity index (χ1n) is 7.47.